The lowest BCUT2D eigenvalue weighted by Gasteiger charge is -2.20. The number of hydrogen-bond donors (Lipinski definition) is 2. The molecule has 2 N–H and O–H groups in total. The minimum absolute atomic E-state index is 0.569. The van der Waals surface area contributed by atoms with Crippen LogP contribution in [0.25, 0.3) is 22.3 Å². The third kappa shape index (κ3) is 2.94. The van der Waals surface area contributed by atoms with E-state index in [4.69, 9.17) is 0 Å². The van der Waals surface area contributed by atoms with E-state index in [1.165, 1.54) is 0 Å². The largest absolute Gasteiger partial charge is 0.489 e. The maximum Gasteiger partial charge on any atom is 0.489 e. The Kier molecular flexibility index (Phi) is 4.33. The van der Waals surface area contributed by atoms with Crippen molar-refractivity contribution in [2.45, 2.75) is 13.8 Å². The summed E-state index contributed by atoms with van der Waals surface area (Å²) in [6.45, 7) is 4.02. The maximum absolute atomic E-state index is 10.1. The molecule has 0 radical (unpaired) electrons. The van der Waals surface area contributed by atoms with Gasteiger partial charge in [0.05, 0.1) is 0 Å². The summed E-state index contributed by atoms with van der Waals surface area (Å²) in [7, 11) is -1.53. The summed E-state index contributed by atoms with van der Waals surface area (Å²) in [5, 5.41) is 20.2. The molecule has 0 fully saturated rings. The number of aryl methyl sites for hydroxylation is 2. The van der Waals surface area contributed by atoms with Gasteiger partial charge in [-0.25, -0.2) is 0 Å². The summed E-state index contributed by atoms with van der Waals surface area (Å²) in [6.07, 6.45) is 0. The quantitative estimate of drug-likeness (QED) is 0.729. The van der Waals surface area contributed by atoms with Crippen molar-refractivity contribution >= 4 is 12.6 Å². The summed E-state index contributed by atoms with van der Waals surface area (Å²) in [4.78, 5) is 0. The van der Waals surface area contributed by atoms with Gasteiger partial charge in [-0.2, -0.15) is 0 Å². The van der Waals surface area contributed by atoms with Gasteiger partial charge in [-0.3, -0.25) is 0 Å². The highest BCUT2D eigenvalue weighted by atomic mass is 16.4. The lowest BCUT2D eigenvalue weighted by atomic mass is 9.68. The van der Waals surface area contributed by atoms with Gasteiger partial charge in [0.2, 0.25) is 0 Å². The highest BCUT2D eigenvalue weighted by Gasteiger charge is 2.25. The first-order chi connectivity index (χ1) is 11.1. The van der Waals surface area contributed by atoms with Crippen molar-refractivity contribution in [1.82, 2.24) is 0 Å². The molecule has 0 aliphatic heterocycles. The van der Waals surface area contributed by atoms with E-state index in [9.17, 15) is 10.0 Å². The van der Waals surface area contributed by atoms with Crippen LogP contribution in [-0.4, -0.2) is 17.2 Å². The van der Waals surface area contributed by atoms with Crippen LogP contribution < -0.4 is 5.46 Å². The molecule has 0 aromatic heterocycles. The second kappa shape index (κ2) is 6.41. The Hall–Kier alpha value is -2.36. The Morgan fingerprint density at radius 1 is 0.652 bits per heavy atom. The van der Waals surface area contributed by atoms with Gasteiger partial charge in [-0.1, -0.05) is 66.7 Å². The van der Waals surface area contributed by atoms with Crippen LogP contribution in [-0.2, 0) is 0 Å². The predicted molar refractivity (Wildman–Crippen MR) is 96.6 cm³/mol. The van der Waals surface area contributed by atoms with Crippen molar-refractivity contribution in [3.8, 4) is 22.3 Å². The lowest BCUT2D eigenvalue weighted by Crippen LogP contribution is -2.34. The van der Waals surface area contributed by atoms with E-state index in [0.29, 0.717) is 5.46 Å². The van der Waals surface area contributed by atoms with Crippen LogP contribution >= 0.6 is 0 Å². The van der Waals surface area contributed by atoms with Gasteiger partial charge in [-0.05, 0) is 52.7 Å². The highest BCUT2D eigenvalue weighted by molar-refractivity contribution is 6.62. The van der Waals surface area contributed by atoms with Crippen LogP contribution in [0.1, 0.15) is 11.1 Å². The standard InChI is InChI=1S/C20H19BO2/c1-14-13-15(2)19(17-11-7-4-8-12-17)20(21(22)23)18(14)16-9-5-3-6-10-16/h3-13,22-23H,1-2H3. The zero-order chi connectivity index (χ0) is 16.4. The van der Waals surface area contributed by atoms with Crippen molar-refractivity contribution in [2.24, 2.45) is 0 Å². The molecule has 3 aromatic rings. The molecular weight excluding hydrogens is 283 g/mol. The van der Waals surface area contributed by atoms with Gasteiger partial charge >= 0.3 is 7.12 Å². The van der Waals surface area contributed by atoms with E-state index in [0.717, 1.165) is 33.4 Å². The van der Waals surface area contributed by atoms with Gasteiger partial charge in [0.1, 0.15) is 0 Å². The molecule has 2 nitrogen and oxygen atoms in total. The molecule has 0 saturated carbocycles. The van der Waals surface area contributed by atoms with Crippen LogP contribution in [0, 0.1) is 13.8 Å². The summed E-state index contributed by atoms with van der Waals surface area (Å²) >= 11 is 0. The highest BCUT2D eigenvalue weighted by Crippen LogP contribution is 2.30. The number of rotatable bonds is 3. The van der Waals surface area contributed by atoms with Gasteiger partial charge in [0, 0.05) is 0 Å². The molecule has 0 heterocycles. The van der Waals surface area contributed by atoms with Crippen LogP contribution in [0.15, 0.2) is 66.7 Å². The molecule has 23 heavy (non-hydrogen) atoms. The Morgan fingerprint density at radius 2 is 1.04 bits per heavy atom. The van der Waals surface area contributed by atoms with E-state index in [2.05, 4.69) is 6.07 Å². The summed E-state index contributed by atoms with van der Waals surface area (Å²) in [5.74, 6) is 0. The van der Waals surface area contributed by atoms with E-state index in [1.54, 1.807) is 0 Å². The topological polar surface area (TPSA) is 40.5 Å². The first-order valence-corrected chi connectivity index (χ1v) is 7.70. The molecule has 3 rings (SSSR count). The van der Waals surface area contributed by atoms with Gasteiger partial charge in [0.15, 0.2) is 0 Å². The van der Waals surface area contributed by atoms with Gasteiger partial charge < -0.3 is 10.0 Å². The third-order valence-corrected chi connectivity index (χ3v) is 4.14. The smallest absolute Gasteiger partial charge is 0.423 e. The first-order valence-electron chi connectivity index (χ1n) is 7.70. The fourth-order valence-corrected chi connectivity index (χ4v) is 3.25. The molecule has 0 saturated heterocycles. The van der Waals surface area contributed by atoms with Crippen molar-refractivity contribution in [3.05, 3.63) is 77.9 Å². The average Bonchev–Trinajstić information content (AvgIpc) is 2.55. The van der Waals surface area contributed by atoms with Crippen LogP contribution in [0.5, 0.6) is 0 Å². The molecule has 3 aromatic carbocycles. The average molecular weight is 302 g/mol. The Bertz CT molecular complexity index is 748. The molecule has 0 atom stereocenters. The third-order valence-electron chi connectivity index (χ3n) is 4.14. The zero-order valence-corrected chi connectivity index (χ0v) is 13.3. The van der Waals surface area contributed by atoms with Crippen molar-refractivity contribution in [2.75, 3.05) is 0 Å². The number of benzene rings is 3. The molecule has 0 amide bonds. The van der Waals surface area contributed by atoms with Crippen molar-refractivity contribution < 1.29 is 10.0 Å². The summed E-state index contributed by atoms with van der Waals surface area (Å²) in [6, 6.07) is 21.9. The molecule has 0 spiro atoms. The molecule has 3 heteroatoms. The first kappa shape index (κ1) is 15.5. The summed E-state index contributed by atoms with van der Waals surface area (Å²) in [5.41, 5.74) is 6.42. The number of hydrogen-bond acceptors (Lipinski definition) is 2. The molecule has 0 aliphatic carbocycles. The van der Waals surface area contributed by atoms with Crippen LogP contribution in [0.3, 0.4) is 0 Å². The normalized spacial score (nSPS) is 10.6. The lowest BCUT2D eigenvalue weighted by molar-refractivity contribution is 0.426. The molecule has 114 valence electrons. The predicted octanol–water partition coefficient (Wildman–Crippen LogP) is 3.32. The molecule has 0 unspecified atom stereocenters. The van der Waals surface area contributed by atoms with E-state index in [1.807, 2.05) is 74.5 Å². The minimum Gasteiger partial charge on any atom is -0.423 e. The maximum atomic E-state index is 10.1. The monoisotopic (exact) mass is 302 g/mol. The van der Waals surface area contributed by atoms with E-state index < -0.39 is 7.12 Å². The fraction of sp³-hybridized carbons (Fsp3) is 0.100. The Morgan fingerprint density at radius 3 is 1.39 bits per heavy atom. The Labute approximate surface area is 137 Å². The zero-order valence-electron chi connectivity index (χ0n) is 13.3. The van der Waals surface area contributed by atoms with Crippen molar-refractivity contribution in [3.63, 3.8) is 0 Å². The molecule has 0 aliphatic rings. The molecule has 0 bridgehead atoms. The van der Waals surface area contributed by atoms with E-state index in [-0.39, 0.29) is 0 Å². The Balaban J connectivity index is 2.37. The van der Waals surface area contributed by atoms with Crippen molar-refractivity contribution in [1.29, 1.82) is 0 Å². The van der Waals surface area contributed by atoms with Gasteiger partial charge in [-0.15, -0.1) is 0 Å². The minimum atomic E-state index is -1.53. The fourth-order valence-electron chi connectivity index (χ4n) is 3.25. The SMILES string of the molecule is Cc1cc(C)c(-c2ccccc2)c(B(O)O)c1-c1ccccc1. The van der Waals surface area contributed by atoms with Crippen LogP contribution in [0.2, 0.25) is 0 Å². The van der Waals surface area contributed by atoms with Gasteiger partial charge in [0.25, 0.3) is 0 Å². The van der Waals surface area contributed by atoms with E-state index >= 15 is 0 Å². The summed E-state index contributed by atoms with van der Waals surface area (Å²) < 4.78 is 0. The second-order valence-electron chi connectivity index (χ2n) is 5.78. The molecular formula is C20H19BO2. The van der Waals surface area contributed by atoms with Crippen LogP contribution in [0.4, 0.5) is 0 Å². The second-order valence-corrected chi connectivity index (χ2v) is 5.78.